The lowest BCUT2D eigenvalue weighted by Gasteiger charge is -2.13. The number of hydrogen-bond acceptors (Lipinski definition) is 3. The number of anilines is 1. The van der Waals surface area contributed by atoms with Crippen LogP contribution >= 0.6 is 15.9 Å². The molecule has 86 valence electrons. The maximum absolute atomic E-state index is 11.8. The second-order valence-electron chi connectivity index (χ2n) is 3.91. The predicted molar refractivity (Wildman–Crippen MR) is 64.1 cm³/mol. The molecule has 16 heavy (non-hydrogen) atoms. The molecule has 0 aromatic carbocycles. The normalized spacial score (nSPS) is 24.4. The van der Waals surface area contributed by atoms with E-state index in [0.717, 1.165) is 10.9 Å². The van der Waals surface area contributed by atoms with Gasteiger partial charge in [-0.25, -0.2) is 4.98 Å². The van der Waals surface area contributed by atoms with Gasteiger partial charge in [-0.1, -0.05) is 6.92 Å². The van der Waals surface area contributed by atoms with Crippen molar-refractivity contribution < 1.29 is 9.53 Å². The lowest BCUT2D eigenvalue weighted by molar-refractivity contribution is -0.126. The third kappa shape index (κ3) is 2.59. The van der Waals surface area contributed by atoms with E-state index in [1.54, 1.807) is 12.3 Å². The third-order valence-electron chi connectivity index (χ3n) is 2.62. The van der Waals surface area contributed by atoms with Crippen molar-refractivity contribution in [1.29, 1.82) is 0 Å². The fourth-order valence-corrected chi connectivity index (χ4v) is 1.91. The zero-order chi connectivity index (χ0) is 11.5. The van der Waals surface area contributed by atoms with Gasteiger partial charge in [-0.3, -0.25) is 4.79 Å². The molecule has 0 aliphatic carbocycles. The Morgan fingerprint density at radius 3 is 3.00 bits per heavy atom. The van der Waals surface area contributed by atoms with Crippen LogP contribution in [0.3, 0.4) is 0 Å². The number of nitrogens with one attached hydrogen (secondary N) is 1. The molecule has 1 aromatic heterocycles. The molecule has 2 heterocycles. The topological polar surface area (TPSA) is 51.2 Å². The van der Waals surface area contributed by atoms with Gasteiger partial charge in [-0.15, -0.1) is 0 Å². The molecule has 4 nitrogen and oxygen atoms in total. The summed E-state index contributed by atoms with van der Waals surface area (Å²) in [6.07, 6.45) is 2.24. The number of rotatable bonds is 2. The van der Waals surface area contributed by atoms with Gasteiger partial charge >= 0.3 is 0 Å². The lowest BCUT2D eigenvalue weighted by atomic mass is 10.0. The van der Waals surface area contributed by atoms with E-state index in [2.05, 4.69) is 26.2 Å². The summed E-state index contributed by atoms with van der Waals surface area (Å²) >= 11 is 3.29. The lowest BCUT2D eigenvalue weighted by Crippen LogP contribution is -2.31. The Labute approximate surface area is 103 Å². The van der Waals surface area contributed by atoms with E-state index in [4.69, 9.17) is 4.74 Å². The highest BCUT2D eigenvalue weighted by Crippen LogP contribution is 2.21. The molecule has 2 rings (SSSR count). The van der Waals surface area contributed by atoms with Crippen LogP contribution in [0.1, 0.15) is 13.3 Å². The Morgan fingerprint density at radius 1 is 1.62 bits per heavy atom. The van der Waals surface area contributed by atoms with Crippen molar-refractivity contribution in [2.24, 2.45) is 5.92 Å². The number of nitrogens with zero attached hydrogens (tertiary/aromatic N) is 1. The van der Waals surface area contributed by atoms with Crippen LogP contribution in [0, 0.1) is 5.92 Å². The first kappa shape index (κ1) is 11.5. The van der Waals surface area contributed by atoms with Crippen molar-refractivity contribution in [3.05, 3.63) is 22.8 Å². The molecular weight excluding hydrogens is 272 g/mol. The minimum absolute atomic E-state index is 0.111. The van der Waals surface area contributed by atoms with Crippen molar-refractivity contribution in [3.63, 3.8) is 0 Å². The van der Waals surface area contributed by atoms with Gasteiger partial charge in [0, 0.05) is 17.3 Å². The fraction of sp³-hybridized carbons (Fsp3) is 0.455. The van der Waals surface area contributed by atoms with Crippen molar-refractivity contribution in [2.45, 2.75) is 19.4 Å². The monoisotopic (exact) mass is 284 g/mol. The van der Waals surface area contributed by atoms with E-state index in [1.807, 2.05) is 13.0 Å². The number of halogens is 1. The highest BCUT2D eigenvalue weighted by molar-refractivity contribution is 9.10. The quantitative estimate of drug-likeness (QED) is 0.906. The van der Waals surface area contributed by atoms with Crippen molar-refractivity contribution in [2.75, 3.05) is 11.9 Å². The van der Waals surface area contributed by atoms with Crippen LogP contribution in [0.4, 0.5) is 5.82 Å². The largest absolute Gasteiger partial charge is 0.368 e. The van der Waals surface area contributed by atoms with Gasteiger partial charge in [0.2, 0.25) is 0 Å². The number of hydrogen-bond donors (Lipinski definition) is 1. The van der Waals surface area contributed by atoms with Crippen LogP contribution in [0.25, 0.3) is 0 Å². The van der Waals surface area contributed by atoms with Gasteiger partial charge < -0.3 is 10.1 Å². The molecule has 1 aromatic rings. The number of aromatic nitrogens is 1. The molecule has 1 aliphatic rings. The number of ether oxygens (including phenoxy) is 1. The van der Waals surface area contributed by atoms with Gasteiger partial charge in [0.25, 0.3) is 5.91 Å². The molecule has 1 fully saturated rings. The minimum atomic E-state index is -0.342. The third-order valence-corrected chi connectivity index (χ3v) is 3.09. The highest BCUT2D eigenvalue weighted by atomic mass is 79.9. The summed E-state index contributed by atoms with van der Waals surface area (Å²) in [6.45, 7) is 2.68. The van der Waals surface area contributed by atoms with Gasteiger partial charge in [0.15, 0.2) is 0 Å². The second-order valence-corrected chi connectivity index (χ2v) is 4.82. The van der Waals surface area contributed by atoms with Crippen LogP contribution in [-0.2, 0) is 9.53 Å². The van der Waals surface area contributed by atoms with E-state index in [9.17, 15) is 4.79 Å². The van der Waals surface area contributed by atoms with Crippen LogP contribution in [-0.4, -0.2) is 23.6 Å². The summed E-state index contributed by atoms with van der Waals surface area (Å²) in [4.78, 5) is 15.9. The molecule has 0 radical (unpaired) electrons. The Kier molecular flexibility index (Phi) is 3.56. The summed E-state index contributed by atoms with van der Waals surface area (Å²) < 4.78 is 6.26. The van der Waals surface area contributed by atoms with E-state index in [1.165, 1.54) is 0 Å². The molecule has 2 unspecified atom stereocenters. The standard InChI is InChI=1S/C11H13BrN2O2/c1-7-4-5-16-10(7)11(15)14-9-3-2-8(12)6-13-9/h2-3,6-7,10H,4-5H2,1H3,(H,13,14,15). The zero-order valence-electron chi connectivity index (χ0n) is 8.94. The molecule has 2 atom stereocenters. The molecular formula is C11H13BrN2O2. The number of carbonyl (C=O) groups is 1. The zero-order valence-corrected chi connectivity index (χ0v) is 10.5. The Bertz CT molecular complexity index is 380. The van der Waals surface area contributed by atoms with E-state index in [0.29, 0.717) is 12.4 Å². The van der Waals surface area contributed by atoms with Gasteiger partial charge in [0.05, 0.1) is 0 Å². The summed E-state index contributed by atoms with van der Waals surface area (Å²) in [5.74, 6) is 0.714. The average Bonchev–Trinajstić information content (AvgIpc) is 2.68. The Balaban J connectivity index is 1.99. The van der Waals surface area contributed by atoms with Crippen LogP contribution in [0.2, 0.25) is 0 Å². The van der Waals surface area contributed by atoms with Crippen molar-refractivity contribution in [1.82, 2.24) is 4.98 Å². The van der Waals surface area contributed by atoms with E-state index in [-0.39, 0.29) is 17.9 Å². The molecule has 1 amide bonds. The van der Waals surface area contributed by atoms with Crippen LogP contribution < -0.4 is 5.32 Å². The molecule has 1 aliphatic heterocycles. The molecule has 0 spiro atoms. The highest BCUT2D eigenvalue weighted by Gasteiger charge is 2.30. The molecule has 0 bridgehead atoms. The van der Waals surface area contributed by atoms with Crippen molar-refractivity contribution >= 4 is 27.7 Å². The smallest absolute Gasteiger partial charge is 0.254 e. The molecule has 1 N–H and O–H groups in total. The maximum atomic E-state index is 11.8. The van der Waals surface area contributed by atoms with Gasteiger partial charge in [-0.2, -0.15) is 0 Å². The Hall–Kier alpha value is -0.940. The van der Waals surface area contributed by atoms with Crippen LogP contribution in [0.15, 0.2) is 22.8 Å². The Morgan fingerprint density at radius 2 is 2.44 bits per heavy atom. The molecule has 5 heteroatoms. The average molecular weight is 285 g/mol. The number of carbonyl (C=O) groups excluding carboxylic acids is 1. The summed E-state index contributed by atoms with van der Waals surface area (Å²) in [7, 11) is 0. The van der Waals surface area contributed by atoms with E-state index >= 15 is 0 Å². The van der Waals surface area contributed by atoms with Crippen molar-refractivity contribution in [3.8, 4) is 0 Å². The minimum Gasteiger partial charge on any atom is -0.368 e. The van der Waals surface area contributed by atoms with Crippen LogP contribution in [0.5, 0.6) is 0 Å². The first-order valence-corrected chi connectivity index (χ1v) is 6.00. The van der Waals surface area contributed by atoms with E-state index < -0.39 is 0 Å². The summed E-state index contributed by atoms with van der Waals surface area (Å²) in [5.41, 5.74) is 0. The van der Waals surface area contributed by atoms with Gasteiger partial charge in [-0.05, 0) is 40.4 Å². The molecule has 0 saturated carbocycles. The first-order valence-electron chi connectivity index (χ1n) is 5.21. The number of pyridine rings is 1. The maximum Gasteiger partial charge on any atom is 0.254 e. The summed E-state index contributed by atoms with van der Waals surface area (Å²) in [5, 5.41) is 2.75. The number of amides is 1. The summed E-state index contributed by atoms with van der Waals surface area (Å²) in [6, 6.07) is 3.59. The fourth-order valence-electron chi connectivity index (χ4n) is 1.68. The predicted octanol–water partition coefficient (Wildman–Crippen LogP) is 2.21. The SMILES string of the molecule is CC1CCOC1C(=O)Nc1ccc(Br)cn1. The molecule has 1 saturated heterocycles. The first-order chi connectivity index (χ1) is 7.66. The van der Waals surface area contributed by atoms with Gasteiger partial charge in [0.1, 0.15) is 11.9 Å². The second kappa shape index (κ2) is 4.93.